The molecular weight excluding hydrogens is 218 g/mol. The molecule has 0 saturated heterocycles. The predicted molar refractivity (Wildman–Crippen MR) is 81.4 cm³/mol. The number of nitrogens with one attached hydrogen (secondary N) is 1. The van der Waals surface area contributed by atoms with Crippen LogP contribution in [0.3, 0.4) is 0 Å². The summed E-state index contributed by atoms with van der Waals surface area (Å²) in [5, 5.41) is 3.32. The zero-order chi connectivity index (χ0) is 13.6. The van der Waals surface area contributed by atoms with E-state index in [-0.39, 0.29) is 5.41 Å². The highest BCUT2D eigenvalue weighted by atomic mass is 14.8. The number of dihydropyridines is 1. The molecule has 1 nitrogen and oxygen atoms in total. The van der Waals surface area contributed by atoms with Crippen molar-refractivity contribution in [1.82, 2.24) is 5.32 Å². The molecule has 0 amide bonds. The standard InChI is InChI=1S/C17H27N/c1-6-8-14(2)9-7-10-15-11-12-18-13-16(15)17(3,4)5/h6-7,9,11,13-14,18H,1,8,10,12H2,2-5H3/b9-7-. The maximum absolute atomic E-state index is 3.78. The zero-order valence-corrected chi connectivity index (χ0v) is 12.3. The van der Waals surface area contributed by atoms with Crippen molar-refractivity contribution in [1.29, 1.82) is 0 Å². The first-order chi connectivity index (χ1) is 8.45. The Hall–Kier alpha value is -1.24. The topological polar surface area (TPSA) is 12.0 Å². The van der Waals surface area contributed by atoms with Crippen molar-refractivity contribution in [3.63, 3.8) is 0 Å². The molecule has 0 fully saturated rings. The SMILES string of the molecule is C=CCC(C)/C=C\CC1=CCNC=C1C(C)(C)C. The summed E-state index contributed by atoms with van der Waals surface area (Å²) in [6, 6.07) is 0. The molecule has 0 radical (unpaired) electrons. The highest BCUT2D eigenvalue weighted by molar-refractivity contribution is 5.38. The summed E-state index contributed by atoms with van der Waals surface area (Å²) >= 11 is 0. The van der Waals surface area contributed by atoms with E-state index in [4.69, 9.17) is 0 Å². The summed E-state index contributed by atoms with van der Waals surface area (Å²) in [5.41, 5.74) is 3.10. The molecule has 1 heteroatoms. The van der Waals surface area contributed by atoms with Gasteiger partial charge in [0.1, 0.15) is 0 Å². The van der Waals surface area contributed by atoms with Crippen molar-refractivity contribution in [2.24, 2.45) is 11.3 Å². The van der Waals surface area contributed by atoms with Gasteiger partial charge < -0.3 is 5.32 Å². The monoisotopic (exact) mass is 245 g/mol. The van der Waals surface area contributed by atoms with E-state index in [0.29, 0.717) is 5.92 Å². The smallest absolute Gasteiger partial charge is 0.0331 e. The van der Waals surface area contributed by atoms with Gasteiger partial charge in [-0.15, -0.1) is 6.58 Å². The minimum Gasteiger partial charge on any atom is -0.387 e. The summed E-state index contributed by atoms with van der Waals surface area (Å²) in [6.07, 6.45) is 13.2. The fourth-order valence-electron chi connectivity index (χ4n) is 2.21. The lowest BCUT2D eigenvalue weighted by molar-refractivity contribution is 0.501. The van der Waals surface area contributed by atoms with E-state index in [2.05, 4.69) is 64.0 Å². The van der Waals surface area contributed by atoms with E-state index in [1.54, 1.807) is 0 Å². The maximum atomic E-state index is 3.78. The first-order valence-electron chi connectivity index (χ1n) is 6.86. The Morgan fingerprint density at radius 3 is 2.78 bits per heavy atom. The van der Waals surface area contributed by atoms with Crippen molar-refractivity contribution in [2.75, 3.05) is 6.54 Å². The van der Waals surface area contributed by atoms with Gasteiger partial charge in [0.2, 0.25) is 0 Å². The van der Waals surface area contributed by atoms with E-state index < -0.39 is 0 Å². The number of hydrogen-bond donors (Lipinski definition) is 1. The largest absolute Gasteiger partial charge is 0.387 e. The van der Waals surface area contributed by atoms with Crippen LogP contribution < -0.4 is 5.32 Å². The first-order valence-corrected chi connectivity index (χ1v) is 6.86. The lowest BCUT2D eigenvalue weighted by Gasteiger charge is -2.28. The molecule has 1 N–H and O–H groups in total. The van der Waals surface area contributed by atoms with Crippen molar-refractivity contribution < 1.29 is 0 Å². The van der Waals surface area contributed by atoms with Gasteiger partial charge in [0.25, 0.3) is 0 Å². The molecular formula is C17H27N. The molecule has 0 saturated carbocycles. The normalized spacial score (nSPS) is 18.0. The van der Waals surface area contributed by atoms with Gasteiger partial charge in [-0.1, -0.05) is 52.0 Å². The van der Waals surface area contributed by atoms with Gasteiger partial charge in [0.05, 0.1) is 0 Å². The summed E-state index contributed by atoms with van der Waals surface area (Å²) < 4.78 is 0. The molecule has 1 aliphatic rings. The molecule has 0 spiro atoms. The number of hydrogen-bond acceptors (Lipinski definition) is 1. The third kappa shape index (κ3) is 4.56. The van der Waals surface area contributed by atoms with Crippen LogP contribution in [0.4, 0.5) is 0 Å². The molecule has 100 valence electrons. The van der Waals surface area contributed by atoms with Crippen molar-refractivity contribution in [3.05, 3.63) is 48.2 Å². The predicted octanol–water partition coefficient (Wildman–Crippen LogP) is 4.60. The Balaban J connectivity index is 2.63. The Morgan fingerprint density at radius 1 is 1.44 bits per heavy atom. The Morgan fingerprint density at radius 2 is 2.17 bits per heavy atom. The van der Waals surface area contributed by atoms with Crippen LogP contribution in [0.15, 0.2) is 48.2 Å². The van der Waals surface area contributed by atoms with Gasteiger partial charge in [-0.2, -0.15) is 0 Å². The second kappa shape index (κ2) is 6.63. The minimum atomic E-state index is 0.208. The van der Waals surface area contributed by atoms with Crippen LogP contribution in [0.2, 0.25) is 0 Å². The Kier molecular flexibility index (Phi) is 5.46. The van der Waals surface area contributed by atoms with Crippen LogP contribution in [0.25, 0.3) is 0 Å². The highest BCUT2D eigenvalue weighted by Crippen LogP contribution is 2.33. The van der Waals surface area contributed by atoms with Crippen LogP contribution in [0.1, 0.15) is 40.5 Å². The zero-order valence-electron chi connectivity index (χ0n) is 12.3. The molecule has 1 aliphatic heterocycles. The van der Waals surface area contributed by atoms with Gasteiger partial charge in [-0.25, -0.2) is 0 Å². The average Bonchev–Trinajstić information content (AvgIpc) is 2.28. The molecule has 1 rings (SSSR count). The van der Waals surface area contributed by atoms with E-state index >= 15 is 0 Å². The molecule has 0 aromatic rings. The van der Waals surface area contributed by atoms with E-state index in [9.17, 15) is 0 Å². The summed E-state index contributed by atoms with van der Waals surface area (Å²) in [7, 11) is 0. The first kappa shape index (κ1) is 14.8. The molecule has 1 heterocycles. The van der Waals surface area contributed by atoms with E-state index in [1.165, 1.54) is 11.1 Å². The van der Waals surface area contributed by atoms with Crippen LogP contribution in [-0.2, 0) is 0 Å². The maximum Gasteiger partial charge on any atom is 0.0331 e. The van der Waals surface area contributed by atoms with Gasteiger partial charge >= 0.3 is 0 Å². The number of allylic oxidation sites excluding steroid dienone is 5. The molecule has 18 heavy (non-hydrogen) atoms. The highest BCUT2D eigenvalue weighted by Gasteiger charge is 2.21. The summed E-state index contributed by atoms with van der Waals surface area (Å²) in [4.78, 5) is 0. The van der Waals surface area contributed by atoms with Gasteiger partial charge in [-0.3, -0.25) is 0 Å². The van der Waals surface area contributed by atoms with Crippen LogP contribution >= 0.6 is 0 Å². The minimum absolute atomic E-state index is 0.208. The van der Waals surface area contributed by atoms with Crippen molar-refractivity contribution in [3.8, 4) is 0 Å². The second-order valence-electron chi connectivity index (χ2n) is 6.08. The van der Waals surface area contributed by atoms with Crippen molar-refractivity contribution >= 4 is 0 Å². The molecule has 1 atom stereocenters. The lowest BCUT2D eigenvalue weighted by Crippen LogP contribution is -2.20. The molecule has 0 aliphatic carbocycles. The lowest BCUT2D eigenvalue weighted by atomic mass is 9.80. The summed E-state index contributed by atoms with van der Waals surface area (Å²) in [6.45, 7) is 13.8. The second-order valence-corrected chi connectivity index (χ2v) is 6.08. The third-order valence-corrected chi connectivity index (χ3v) is 3.21. The average molecular weight is 245 g/mol. The fraction of sp³-hybridized carbons (Fsp3) is 0.529. The Labute approximate surface area is 112 Å². The van der Waals surface area contributed by atoms with Crippen LogP contribution in [0.5, 0.6) is 0 Å². The molecule has 0 aromatic carbocycles. The Bertz CT molecular complexity index is 364. The molecule has 0 bridgehead atoms. The quantitative estimate of drug-likeness (QED) is 0.698. The molecule has 1 unspecified atom stereocenters. The van der Waals surface area contributed by atoms with Crippen LogP contribution in [-0.4, -0.2) is 6.54 Å². The van der Waals surface area contributed by atoms with Crippen LogP contribution in [0, 0.1) is 11.3 Å². The van der Waals surface area contributed by atoms with Gasteiger partial charge in [-0.05, 0) is 35.3 Å². The third-order valence-electron chi connectivity index (χ3n) is 3.21. The fourth-order valence-corrected chi connectivity index (χ4v) is 2.21. The molecule has 0 aromatic heterocycles. The van der Waals surface area contributed by atoms with Gasteiger partial charge in [0.15, 0.2) is 0 Å². The van der Waals surface area contributed by atoms with Crippen molar-refractivity contribution in [2.45, 2.75) is 40.5 Å². The van der Waals surface area contributed by atoms with E-state index in [0.717, 1.165) is 19.4 Å². The van der Waals surface area contributed by atoms with E-state index in [1.807, 2.05) is 6.08 Å². The summed E-state index contributed by atoms with van der Waals surface area (Å²) in [5.74, 6) is 0.590. The van der Waals surface area contributed by atoms with Gasteiger partial charge in [0, 0.05) is 12.7 Å². The number of rotatable bonds is 5.